The summed E-state index contributed by atoms with van der Waals surface area (Å²) in [6.07, 6.45) is -3.14. The number of nitrogens with zero attached hydrogens (tertiary/aromatic N) is 3. The van der Waals surface area contributed by atoms with Crippen LogP contribution in [0.2, 0.25) is 0 Å². The zero-order chi connectivity index (χ0) is 21.4. The van der Waals surface area contributed by atoms with Gasteiger partial charge in [-0.25, -0.2) is 8.78 Å². The zero-order valence-corrected chi connectivity index (χ0v) is 16.9. The predicted octanol–water partition coefficient (Wildman–Crippen LogP) is 3.68. The third kappa shape index (κ3) is 7.79. The average Bonchev–Trinajstić information content (AvgIpc) is 3.10. The summed E-state index contributed by atoms with van der Waals surface area (Å²) in [5, 5.41) is 3.18. The maximum atomic E-state index is 13.7. The molecule has 4 nitrogen and oxygen atoms in total. The maximum Gasteiger partial charge on any atom is 0.401 e. The quantitative estimate of drug-likeness (QED) is 0.396. The van der Waals surface area contributed by atoms with Crippen LogP contribution in [-0.2, 0) is 6.42 Å². The molecule has 1 aromatic carbocycles. The van der Waals surface area contributed by atoms with E-state index in [4.69, 9.17) is 0 Å². The Bertz CT molecular complexity index is 677. The van der Waals surface area contributed by atoms with Crippen LogP contribution in [0, 0.1) is 17.6 Å². The molecule has 1 N–H and O–H groups in total. The molecule has 1 heterocycles. The fourth-order valence-corrected chi connectivity index (χ4v) is 3.54. The molecule has 0 aromatic heterocycles. The lowest BCUT2D eigenvalue weighted by molar-refractivity contribution is -0.146. The number of aliphatic imine (C=N–C) groups is 1. The van der Waals surface area contributed by atoms with Gasteiger partial charge in [-0.1, -0.05) is 6.92 Å². The van der Waals surface area contributed by atoms with E-state index >= 15 is 0 Å². The summed E-state index contributed by atoms with van der Waals surface area (Å²) in [5.41, 5.74) is 0.273. The van der Waals surface area contributed by atoms with E-state index in [9.17, 15) is 22.0 Å². The standard InChI is InChI=1S/C20H29F5N4/c1-3-26-19(27-9-7-16-11-17(21)5-6-18(16)22)29-10-8-15(13-29)12-28(4-2)14-20(23,24)25/h5-6,11,15H,3-4,7-10,12-14H2,1-2H3,(H,26,27). The summed E-state index contributed by atoms with van der Waals surface area (Å²) in [4.78, 5) is 7.95. The third-order valence-corrected chi connectivity index (χ3v) is 4.94. The topological polar surface area (TPSA) is 30.9 Å². The van der Waals surface area contributed by atoms with Gasteiger partial charge in [-0.05, 0) is 56.0 Å². The second-order valence-corrected chi connectivity index (χ2v) is 7.27. The van der Waals surface area contributed by atoms with Gasteiger partial charge in [0, 0.05) is 32.7 Å². The van der Waals surface area contributed by atoms with Crippen molar-refractivity contribution >= 4 is 5.96 Å². The first kappa shape index (κ1) is 23.4. The normalized spacial score (nSPS) is 18.0. The van der Waals surface area contributed by atoms with Crippen LogP contribution in [-0.4, -0.2) is 67.7 Å². The van der Waals surface area contributed by atoms with Crippen LogP contribution in [0.1, 0.15) is 25.8 Å². The van der Waals surface area contributed by atoms with Crippen LogP contribution in [0.5, 0.6) is 0 Å². The first-order valence-corrected chi connectivity index (χ1v) is 9.98. The second kappa shape index (κ2) is 10.8. The third-order valence-electron chi connectivity index (χ3n) is 4.94. The van der Waals surface area contributed by atoms with Gasteiger partial charge in [-0.3, -0.25) is 9.89 Å². The van der Waals surface area contributed by atoms with Crippen LogP contribution in [0.3, 0.4) is 0 Å². The molecule has 29 heavy (non-hydrogen) atoms. The number of nitrogens with one attached hydrogen (secondary N) is 1. The lowest BCUT2D eigenvalue weighted by Crippen LogP contribution is -2.42. The summed E-state index contributed by atoms with van der Waals surface area (Å²) in [6, 6.07) is 3.35. The highest BCUT2D eigenvalue weighted by Gasteiger charge is 2.33. The number of hydrogen-bond acceptors (Lipinski definition) is 2. The van der Waals surface area contributed by atoms with Gasteiger partial charge >= 0.3 is 6.18 Å². The fourth-order valence-electron chi connectivity index (χ4n) is 3.54. The van der Waals surface area contributed by atoms with Crippen LogP contribution in [0.15, 0.2) is 23.2 Å². The van der Waals surface area contributed by atoms with Crippen molar-refractivity contribution in [2.24, 2.45) is 10.9 Å². The van der Waals surface area contributed by atoms with Gasteiger partial charge in [0.2, 0.25) is 0 Å². The average molecular weight is 420 g/mol. The monoisotopic (exact) mass is 420 g/mol. The minimum absolute atomic E-state index is 0.127. The Morgan fingerprint density at radius 2 is 2.03 bits per heavy atom. The molecule has 9 heteroatoms. The fraction of sp³-hybridized carbons (Fsp3) is 0.650. The Kier molecular flexibility index (Phi) is 8.67. The van der Waals surface area contributed by atoms with Gasteiger partial charge in [0.05, 0.1) is 6.54 Å². The van der Waals surface area contributed by atoms with Gasteiger partial charge in [0.15, 0.2) is 5.96 Å². The predicted molar refractivity (Wildman–Crippen MR) is 104 cm³/mol. The summed E-state index contributed by atoms with van der Waals surface area (Å²) < 4.78 is 65.0. The Morgan fingerprint density at radius 1 is 1.28 bits per heavy atom. The Balaban J connectivity index is 1.93. The molecule has 1 aliphatic rings. The highest BCUT2D eigenvalue weighted by Crippen LogP contribution is 2.21. The van der Waals surface area contributed by atoms with E-state index in [0.29, 0.717) is 45.2 Å². The molecule has 1 aliphatic heterocycles. The molecular formula is C20H29F5N4. The SMILES string of the molecule is CCNC(=NCCc1cc(F)ccc1F)N1CCC(CN(CC)CC(F)(F)F)C1. The summed E-state index contributed by atoms with van der Waals surface area (Å²) >= 11 is 0. The van der Waals surface area contributed by atoms with Gasteiger partial charge < -0.3 is 10.2 Å². The van der Waals surface area contributed by atoms with Crippen molar-refractivity contribution in [3.05, 3.63) is 35.4 Å². The molecule has 0 radical (unpaired) electrons. The minimum Gasteiger partial charge on any atom is -0.357 e. The van der Waals surface area contributed by atoms with Crippen molar-refractivity contribution in [3.8, 4) is 0 Å². The lowest BCUT2D eigenvalue weighted by atomic mass is 10.1. The van der Waals surface area contributed by atoms with Crippen molar-refractivity contribution in [2.75, 3.05) is 45.8 Å². The number of alkyl halides is 3. The highest BCUT2D eigenvalue weighted by molar-refractivity contribution is 5.80. The molecule has 2 rings (SSSR count). The summed E-state index contributed by atoms with van der Waals surface area (Å²) in [7, 11) is 0. The van der Waals surface area contributed by atoms with Gasteiger partial charge in [-0.15, -0.1) is 0 Å². The number of likely N-dealkylation sites (tertiary alicyclic amines) is 1. The zero-order valence-electron chi connectivity index (χ0n) is 16.9. The smallest absolute Gasteiger partial charge is 0.357 e. The van der Waals surface area contributed by atoms with E-state index in [-0.39, 0.29) is 17.9 Å². The van der Waals surface area contributed by atoms with Crippen molar-refractivity contribution in [1.82, 2.24) is 15.1 Å². The molecule has 1 fully saturated rings. The summed E-state index contributed by atoms with van der Waals surface area (Å²) in [5.74, 6) is -0.163. The number of rotatable bonds is 8. The molecule has 0 aliphatic carbocycles. The van der Waals surface area contributed by atoms with Crippen LogP contribution < -0.4 is 5.32 Å². The van der Waals surface area contributed by atoms with Gasteiger partial charge in [-0.2, -0.15) is 13.2 Å². The minimum atomic E-state index is -4.20. The molecule has 0 amide bonds. The molecule has 0 saturated carbocycles. The molecular weight excluding hydrogens is 391 g/mol. The molecule has 0 bridgehead atoms. The van der Waals surface area contributed by atoms with Crippen molar-refractivity contribution in [2.45, 2.75) is 32.9 Å². The van der Waals surface area contributed by atoms with Crippen LogP contribution in [0.25, 0.3) is 0 Å². The van der Waals surface area contributed by atoms with E-state index in [1.807, 2.05) is 11.8 Å². The van der Waals surface area contributed by atoms with Crippen molar-refractivity contribution in [3.63, 3.8) is 0 Å². The van der Waals surface area contributed by atoms with E-state index < -0.39 is 24.4 Å². The number of benzene rings is 1. The maximum absolute atomic E-state index is 13.7. The molecule has 1 atom stereocenters. The van der Waals surface area contributed by atoms with E-state index in [1.165, 1.54) is 11.0 Å². The molecule has 1 unspecified atom stereocenters. The Hall–Kier alpha value is -1.90. The van der Waals surface area contributed by atoms with E-state index in [0.717, 1.165) is 18.6 Å². The number of guanidine groups is 1. The largest absolute Gasteiger partial charge is 0.401 e. The number of halogens is 5. The summed E-state index contributed by atoms with van der Waals surface area (Å²) in [6.45, 7) is 5.76. The van der Waals surface area contributed by atoms with E-state index in [1.54, 1.807) is 6.92 Å². The van der Waals surface area contributed by atoms with Crippen LogP contribution in [0.4, 0.5) is 22.0 Å². The molecule has 1 aromatic rings. The first-order valence-electron chi connectivity index (χ1n) is 9.98. The first-order chi connectivity index (χ1) is 13.7. The second-order valence-electron chi connectivity index (χ2n) is 7.27. The highest BCUT2D eigenvalue weighted by atomic mass is 19.4. The molecule has 0 spiro atoms. The molecule has 164 valence electrons. The Morgan fingerprint density at radius 3 is 2.69 bits per heavy atom. The van der Waals surface area contributed by atoms with Gasteiger partial charge in [0.25, 0.3) is 0 Å². The van der Waals surface area contributed by atoms with Crippen molar-refractivity contribution in [1.29, 1.82) is 0 Å². The van der Waals surface area contributed by atoms with E-state index in [2.05, 4.69) is 10.3 Å². The van der Waals surface area contributed by atoms with Gasteiger partial charge in [0.1, 0.15) is 11.6 Å². The lowest BCUT2D eigenvalue weighted by Gasteiger charge is -2.26. The molecule has 1 saturated heterocycles. The van der Waals surface area contributed by atoms with Crippen LogP contribution >= 0.6 is 0 Å². The van der Waals surface area contributed by atoms with Crippen molar-refractivity contribution < 1.29 is 22.0 Å². The number of hydrogen-bond donors (Lipinski definition) is 1. The Labute approximate surface area is 168 Å².